The summed E-state index contributed by atoms with van der Waals surface area (Å²) >= 11 is 0. The predicted octanol–water partition coefficient (Wildman–Crippen LogP) is -0.258. The lowest BCUT2D eigenvalue weighted by Gasteiger charge is -2.23. The molecule has 0 heterocycles. The molecule has 0 spiro atoms. The fraction of sp³-hybridized carbons (Fsp3) is 0.667. The molecule has 1 atom stereocenters. The fourth-order valence-electron chi connectivity index (χ4n) is 1.17. The normalized spacial score (nSPS) is 11.8. The molecule has 0 aromatic carbocycles. The number of nitrogens with zero attached hydrogens (tertiary/aromatic N) is 2. The molecule has 0 bridgehead atoms. The number of aliphatic carboxylic acids is 1. The van der Waals surface area contributed by atoms with Gasteiger partial charge in [-0.05, 0) is 5.92 Å². The first-order valence-corrected chi connectivity index (χ1v) is 4.93. The molecule has 0 aromatic rings. The van der Waals surface area contributed by atoms with E-state index >= 15 is 0 Å². The Morgan fingerprint density at radius 3 is 2.18 bits per heavy atom. The van der Waals surface area contributed by atoms with Gasteiger partial charge in [0.25, 0.3) is 5.91 Å². The highest BCUT2D eigenvalue weighted by Crippen LogP contribution is 2.06. The lowest BCUT2D eigenvalue weighted by molar-refractivity contribution is -0.146. The standard InChI is InChI=1S/C9H15N3O5/c1-5(2)8(10-6(3)13)9(16)12(11-17)4-7(14)15/h5,8H,4H2,1-3H3,(H,10,13)(H,14,15)/t8-/m1/s1. The zero-order valence-electron chi connectivity index (χ0n) is 9.84. The lowest BCUT2D eigenvalue weighted by atomic mass is 10.0. The third-order valence-electron chi connectivity index (χ3n) is 1.93. The Labute approximate surface area is 97.9 Å². The monoisotopic (exact) mass is 245 g/mol. The van der Waals surface area contributed by atoms with Crippen LogP contribution in [0.1, 0.15) is 20.8 Å². The third-order valence-corrected chi connectivity index (χ3v) is 1.93. The Kier molecular flexibility index (Phi) is 5.79. The molecular weight excluding hydrogens is 230 g/mol. The maximum atomic E-state index is 11.7. The van der Waals surface area contributed by atoms with E-state index in [1.165, 1.54) is 6.92 Å². The van der Waals surface area contributed by atoms with Crippen LogP contribution in [-0.2, 0) is 14.4 Å². The summed E-state index contributed by atoms with van der Waals surface area (Å²) in [6, 6.07) is -0.968. The van der Waals surface area contributed by atoms with E-state index in [4.69, 9.17) is 5.11 Å². The van der Waals surface area contributed by atoms with Crippen LogP contribution in [0.15, 0.2) is 5.29 Å². The second-order valence-electron chi connectivity index (χ2n) is 3.79. The highest BCUT2D eigenvalue weighted by Gasteiger charge is 2.29. The van der Waals surface area contributed by atoms with Gasteiger partial charge in [0.05, 0.1) is 5.29 Å². The molecule has 2 N–H and O–H groups in total. The van der Waals surface area contributed by atoms with E-state index in [-0.39, 0.29) is 10.9 Å². The predicted molar refractivity (Wildman–Crippen MR) is 57.6 cm³/mol. The van der Waals surface area contributed by atoms with Gasteiger partial charge >= 0.3 is 5.97 Å². The van der Waals surface area contributed by atoms with Crippen LogP contribution >= 0.6 is 0 Å². The first-order valence-electron chi connectivity index (χ1n) is 4.93. The zero-order valence-corrected chi connectivity index (χ0v) is 9.84. The highest BCUT2D eigenvalue weighted by atomic mass is 16.4. The Morgan fingerprint density at radius 1 is 1.35 bits per heavy atom. The molecule has 8 heteroatoms. The Hall–Kier alpha value is -1.99. The third kappa shape index (κ3) is 5.05. The summed E-state index contributed by atoms with van der Waals surface area (Å²) in [4.78, 5) is 43.4. The second-order valence-corrected chi connectivity index (χ2v) is 3.79. The average molecular weight is 245 g/mol. The molecule has 96 valence electrons. The van der Waals surface area contributed by atoms with Gasteiger partial charge in [0, 0.05) is 6.92 Å². The Morgan fingerprint density at radius 2 is 1.88 bits per heavy atom. The number of rotatable bonds is 6. The van der Waals surface area contributed by atoms with Crippen molar-refractivity contribution in [1.82, 2.24) is 10.3 Å². The van der Waals surface area contributed by atoms with E-state index in [0.29, 0.717) is 0 Å². The van der Waals surface area contributed by atoms with Crippen LogP contribution in [0.25, 0.3) is 0 Å². The molecule has 0 rings (SSSR count). The van der Waals surface area contributed by atoms with Crippen molar-refractivity contribution >= 4 is 17.8 Å². The molecule has 17 heavy (non-hydrogen) atoms. The van der Waals surface area contributed by atoms with Crippen LogP contribution < -0.4 is 5.32 Å². The van der Waals surface area contributed by atoms with Gasteiger partial charge in [-0.25, -0.2) is 0 Å². The SMILES string of the molecule is CC(=O)N[C@@H](C(=O)N(CC(=O)O)N=O)C(C)C. The number of amides is 2. The van der Waals surface area contributed by atoms with Crippen LogP contribution in [0, 0.1) is 10.8 Å². The van der Waals surface area contributed by atoms with Crippen LogP contribution in [0.2, 0.25) is 0 Å². The van der Waals surface area contributed by atoms with Crippen molar-refractivity contribution in [3.63, 3.8) is 0 Å². The molecule has 0 aromatic heterocycles. The average Bonchev–Trinajstić information content (AvgIpc) is 2.20. The first-order chi connectivity index (χ1) is 7.79. The summed E-state index contributed by atoms with van der Waals surface area (Å²) in [7, 11) is 0. The van der Waals surface area contributed by atoms with Crippen LogP contribution in [0.4, 0.5) is 0 Å². The van der Waals surface area contributed by atoms with E-state index in [2.05, 4.69) is 10.6 Å². The largest absolute Gasteiger partial charge is 0.480 e. The number of carboxylic acid groups (broad SMARTS) is 1. The van der Waals surface area contributed by atoms with Gasteiger partial charge in [-0.2, -0.15) is 5.01 Å². The minimum atomic E-state index is -1.36. The summed E-state index contributed by atoms with van der Waals surface area (Å²) in [5.41, 5.74) is 0. The molecular formula is C9H15N3O5. The maximum Gasteiger partial charge on any atom is 0.325 e. The molecule has 0 saturated heterocycles. The van der Waals surface area contributed by atoms with Crippen molar-refractivity contribution in [3.05, 3.63) is 4.91 Å². The Balaban J connectivity index is 4.84. The van der Waals surface area contributed by atoms with Crippen molar-refractivity contribution in [2.45, 2.75) is 26.8 Å². The number of carbonyl (C=O) groups excluding carboxylic acids is 2. The van der Waals surface area contributed by atoms with E-state index in [1.54, 1.807) is 13.8 Å². The summed E-state index contributed by atoms with van der Waals surface area (Å²) in [5.74, 6) is -2.93. The maximum absolute atomic E-state index is 11.7. The van der Waals surface area contributed by atoms with E-state index in [0.717, 1.165) is 0 Å². The van der Waals surface area contributed by atoms with Crippen LogP contribution in [0.5, 0.6) is 0 Å². The van der Waals surface area contributed by atoms with Crippen LogP contribution in [0.3, 0.4) is 0 Å². The molecule has 0 fully saturated rings. The Bertz CT molecular complexity index is 329. The number of carboxylic acids is 1. The summed E-state index contributed by atoms with van der Waals surface area (Å²) in [6.07, 6.45) is 0. The summed E-state index contributed by atoms with van der Waals surface area (Å²) < 4.78 is 0. The van der Waals surface area contributed by atoms with Crippen molar-refractivity contribution < 1.29 is 19.5 Å². The van der Waals surface area contributed by atoms with Gasteiger partial charge in [0.1, 0.15) is 12.6 Å². The summed E-state index contributed by atoms with van der Waals surface area (Å²) in [5, 5.41) is 13.5. The van der Waals surface area contributed by atoms with Gasteiger partial charge in [0.15, 0.2) is 0 Å². The zero-order chi connectivity index (χ0) is 13.6. The quantitative estimate of drug-likeness (QED) is 0.494. The van der Waals surface area contributed by atoms with E-state index in [9.17, 15) is 19.3 Å². The second kappa shape index (κ2) is 6.56. The van der Waals surface area contributed by atoms with E-state index < -0.39 is 30.4 Å². The van der Waals surface area contributed by atoms with Gasteiger partial charge in [-0.3, -0.25) is 14.4 Å². The number of nitrogens with one attached hydrogen (secondary N) is 1. The molecule has 0 aliphatic heterocycles. The minimum absolute atomic E-state index is 0.281. The minimum Gasteiger partial charge on any atom is -0.480 e. The summed E-state index contributed by atoms with van der Waals surface area (Å²) in [6.45, 7) is 3.70. The van der Waals surface area contributed by atoms with Crippen molar-refractivity contribution in [1.29, 1.82) is 0 Å². The molecule has 2 amide bonds. The highest BCUT2D eigenvalue weighted by molar-refractivity contribution is 5.88. The number of nitroso groups, excluding NO2 is 1. The van der Waals surface area contributed by atoms with Gasteiger partial charge in [-0.1, -0.05) is 13.8 Å². The molecule has 0 saturated carbocycles. The number of hydrogen-bond acceptors (Lipinski definition) is 5. The van der Waals surface area contributed by atoms with Crippen molar-refractivity contribution in [2.24, 2.45) is 11.2 Å². The molecule has 0 radical (unpaired) electrons. The first kappa shape index (κ1) is 15.0. The lowest BCUT2D eigenvalue weighted by Crippen LogP contribution is -2.50. The number of hydrogen-bond donors (Lipinski definition) is 2. The van der Waals surface area contributed by atoms with Crippen LogP contribution in [-0.4, -0.2) is 40.5 Å². The molecule has 0 aliphatic rings. The van der Waals surface area contributed by atoms with E-state index in [1.807, 2.05) is 0 Å². The smallest absolute Gasteiger partial charge is 0.325 e. The van der Waals surface area contributed by atoms with Gasteiger partial charge < -0.3 is 10.4 Å². The van der Waals surface area contributed by atoms with Crippen molar-refractivity contribution in [2.75, 3.05) is 6.54 Å². The van der Waals surface area contributed by atoms with Gasteiger partial charge in [0.2, 0.25) is 5.91 Å². The molecule has 0 aliphatic carbocycles. The topological polar surface area (TPSA) is 116 Å². The van der Waals surface area contributed by atoms with Crippen molar-refractivity contribution in [3.8, 4) is 0 Å². The molecule has 0 unspecified atom stereocenters. The fourth-order valence-corrected chi connectivity index (χ4v) is 1.17. The van der Waals surface area contributed by atoms with Gasteiger partial charge in [-0.15, -0.1) is 4.91 Å². The molecule has 8 nitrogen and oxygen atoms in total. The number of carbonyl (C=O) groups is 3.